The molecule has 1 saturated heterocycles. The summed E-state index contributed by atoms with van der Waals surface area (Å²) in [6, 6.07) is 19.3. The third-order valence-corrected chi connectivity index (χ3v) is 5.98. The summed E-state index contributed by atoms with van der Waals surface area (Å²) in [6.45, 7) is 2.33. The Kier molecular flexibility index (Phi) is 6.95. The minimum atomic E-state index is -0.292. The number of nitrogens with one attached hydrogen (secondary N) is 1. The van der Waals surface area contributed by atoms with Gasteiger partial charge in [0.15, 0.2) is 11.5 Å². The molecule has 5 rings (SSSR count). The van der Waals surface area contributed by atoms with Gasteiger partial charge in [-0.15, -0.1) is 0 Å². The number of H-pyrrole nitrogens is 1. The summed E-state index contributed by atoms with van der Waals surface area (Å²) in [5.41, 5.74) is 3.70. The van der Waals surface area contributed by atoms with E-state index in [-0.39, 0.29) is 18.3 Å². The molecule has 0 aliphatic carbocycles. The third kappa shape index (κ3) is 5.23. The average Bonchev–Trinajstić information content (AvgIpc) is 3.36. The summed E-state index contributed by atoms with van der Waals surface area (Å²) in [5.74, 6) is 1.16. The molecule has 1 aliphatic heterocycles. The molecule has 1 amide bonds. The number of carbonyl (C=O) groups excluding carboxylic acids is 1. The number of halogens is 1. The van der Waals surface area contributed by atoms with Crippen molar-refractivity contribution in [2.45, 2.75) is 6.61 Å². The van der Waals surface area contributed by atoms with Gasteiger partial charge in [-0.2, -0.15) is 0 Å². The van der Waals surface area contributed by atoms with Crippen molar-refractivity contribution in [3.8, 4) is 11.5 Å². The number of morpholine rings is 1. The van der Waals surface area contributed by atoms with Crippen molar-refractivity contribution < 1.29 is 23.4 Å². The van der Waals surface area contributed by atoms with Crippen LogP contribution >= 0.6 is 0 Å². The molecule has 0 bridgehead atoms. The molecule has 1 aliphatic rings. The van der Waals surface area contributed by atoms with Crippen LogP contribution in [0.4, 0.5) is 4.39 Å². The fourth-order valence-electron chi connectivity index (χ4n) is 4.05. The lowest BCUT2D eigenvalue weighted by atomic mass is 10.1. The number of fused-ring (bicyclic) bond motifs is 1. The molecule has 1 N–H and O–H groups in total. The molecule has 1 fully saturated rings. The quantitative estimate of drug-likeness (QED) is 0.383. The Morgan fingerprint density at radius 1 is 1.08 bits per heavy atom. The zero-order valence-corrected chi connectivity index (χ0v) is 19.9. The van der Waals surface area contributed by atoms with Crippen LogP contribution in [-0.4, -0.2) is 54.2 Å². The largest absolute Gasteiger partial charge is 0.493 e. The van der Waals surface area contributed by atoms with Crippen molar-refractivity contribution in [3.05, 3.63) is 89.5 Å². The van der Waals surface area contributed by atoms with Gasteiger partial charge in [-0.3, -0.25) is 4.79 Å². The highest BCUT2D eigenvalue weighted by atomic mass is 19.1. The first-order chi connectivity index (χ1) is 17.6. The number of hydrogen-bond donors (Lipinski definition) is 1. The number of ether oxygens (including phenoxy) is 3. The maximum Gasteiger partial charge on any atom is 0.257 e. The van der Waals surface area contributed by atoms with Gasteiger partial charge in [-0.1, -0.05) is 30.3 Å². The second-order valence-corrected chi connectivity index (χ2v) is 8.39. The van der Waals surface area contributed by atoms with Crippen molar-refractivity contribution in [1.29, 1.82) is 0 Å². The van der Waals surface area contributed by atoms with E-state index in [4.69, 9.17) is 14.2 Å². The van der Waals surface area contributed by atoms with E-state index in [0.29, 0.717) is 49.2 Å². The Bertz CT molecular complexity index is 1360. The number of benzene rings is 3. The number of aromatic amines is 1. The molecular formula is C28H26FN3O4. The van der Waals surface area contributed by atoms with Gasteiger partial charge in [0, 0.05) is 13.1 Å². The monoisotopic (exact) mass is 487 g/mol. The Morgan fingerprint density at radius 2 is 1.86 bits per heavy atom. The number of aromatic nitrogens is 2. The molecule has 0 unspecified atom stereocenters. The molecule has 4 aromatic rings. The first-order valence-electron chi connectivity index (χ1n) is 11.7. The fourth-order valence-corrected chi connectivity index (χ4v) is 4.05. The first-order valence-corrected chi connectivity index (χ1v) is 11.7. The molecule has 0 radical (unpaired) electrons. The standard InChI is InChI=1S/C28H26FN3O4/c1-34-26-17-20(8-11-25(26)36-18-19-6-9-21(29)10-7-19)16-22(28(33)32-12-14-35-15-13-32)27-30-23-4-2-3-5-24(23)31-27/h2-11,16-17H,12-15,18H2,1H3,(H,30,31)/b22-16+. The van der Waals surface area contributed by atoms with Crippen LogP contribution in [0.25, 0.3) is 22.7 Å². The first kappa shape index (κ1) is 23.6. The molecule has 0 atom stereocenters. The van der Waals surface area contributed by atoms with Gasteiger partial charge in [-0.05, 0) is 53.6 Å². The number of imidazole rings is 1. The van der Waals surface area contributed by atoms with Gasteiger partial charge in [0.05, 0.1) is 36.9 Å². The number of amides is 1. The molecular weight excluding hydrogens is 461 g/mol. The van der Waals surface area contributed by atoms with E-state index in [1.165, 1.54) is 12.1 Å². The maximum absolute atomic E-state index is 13.5. The van der Waals surface area contributed by atoms with Crippen molar-refractivity contribution in [2.24, 2.45) is 0 Å². The Morgan fingerprint density at radius 3 is 2.61 bits per heavy atom. The summed E-state index contributed by atoms with van der Waals surface area (Å²) in [5, 5.41) is 0. The topological polar surface area (TPSA) is 76.7 Å². The van der Waals surface area contributed by atoms with Gasteiger partial charge in [0.1, 0.15) is 18.2 Å². The normalized spacial score (nSPS) is 14.2. The highest BCUT2D eigenvalue weighted by Crippen LogP contribution is 2.31. The number of para-hydroxylation sites is 2. The summed E-state index contributed by atoms with van der Waals surface area (Å²) in [7, 11) is 1.56. The van der Waals surface area contributed by atoms with Gasteiger partial charge in [-0.25, -0.2) is 9.37 Å². The van der Waals surface area contributed by atoms with Crippen LogP contribution in [-0.2, 0) is 16.1 Å². The highest BCUT2D eigenvalue weighted by molar-refractivity contribution is 6.23. The Balaban J connectivity index is 1.46. The van der Waals surface area contributed by atoms with E-state index < -0.39 is 0 Å². The SMILES string of the molecule is COc1cc(/C=C(/C(=O)N2CCOCC2)c2nc3ccccc3[nH]2)ccc1OCc1ccc(F)cc1. The third-order valence-electron chi connectivity index (χ3n) is 5.98. The van der Waals surface area contributed by atoms with E-state index in [1.54, 1.807) is 30.2 Å². The Hall–Kier alpha value is -4.17. The second-order valence-electron chi connectivity index (χ2n) is 8.39. The number of rotatable bonds is 7. The van der Waals surface area contributed by atoms with Crippen LogP contribution in [0, 0.1) is 5.82 Å². The minimum absolute atomic E-state index is 0.118. The predicted molar refractivity (Wildman–Crippen MR) is 135 cm³/mol. The number of methoxy groups -OCH3 is 1. The molecule has 36 heavy (non-hydrogen) atoms. The zero-order chi connectivity index (χ0) is 24.9. The van der Waals surface area contributed by atoms with Crippen LogP contribution in [0.15, 0.2) is 66.7 Å². The van der Waals surface area contributed by atoms with Gasteiger partial charge in [0.25, 0.3) is 5.91 Å². The lowest BCUT2D eigenvalue weighted by Crippen LogP contribution is -2.41. The van der Waals surface area contributed by atoms with E-state index in [1.807, 2.05) is 42.5 Å². The van der Waals surface area contributed by atoms with Crippen LogP contribution in [0.2, 0.25) is 0 Å². The minimum Gasteiger partial charge on any atom is -0.493 e. The van der Waals surface area contributed by atoms with E-state index in [0.717, 1.165) is 22.2 Å². The van der Waals surface area contributed by atoms with Gasteiger partial charge >= 0.3 is 0 Å². The summed E-state index contributed by atoms with van der Waals surface area (Å²) < 4.78 is 30.1. The highest BCUT2D eigenvalue weighted by Gasteiger charge is 2.24. The van der Waals surface area contributed by atoms with Gasteiger partial charge in [0.2, 0.25) is 0 Å². The van der Waals surface area contributed by atoms with Gasteiger partial charge < -0.3 is 24.1 Å². The summed E-state index contributed by atoms with van der Waals surface area (Å²) in [6.07, 6.45) is 1.81. The molecule has 1 aromatic heterocycles. The number of carbonyl (C=O) groups is 1. The lowest BCUT2D eigenvalue weighted by molar-refractivity contribution is -0.128. The van der Waals surface area contributed by atoms with E-state index >= 15 is 0 Å². The van der Waals surface area contributed by atoms with Crippen molar-refractivity contribution >= 4 is 28.6 Å². The predicted octanol–water partition coefficient (Wildman–Crippen LogP) is 4.69. The molecule has 184 valence electrons. The van der Waals surface area contributed by atoms with Crippen molar-refractivity contribution in [3.63, 3.8) is 0 Å². The maximum atomic E-state index is 13.5. The molecule has 0 saturated carbocycles. The molecule has 3 aromatic carbocycles. The molecule has 8 heteroatoms. The molecule has 2 heterocycles. The molecule has 0 spiro atoms. The number of hydrogen-bond acceptors (Lipinski definition) is 5. The lowest BCUT2D eigenvalue weighted by Gasteiger charge is -2.27. The summed E-state index contributed by atoms with van der Waals surface area (Å²) >= 11 is 0. The van der Waals surface area contributed by atoms with Crippen molar-refractivity contribution in [1.82, 2.24) is 14.9 Å². The van der Waals surface area contributed by atoms with E-state index in [9.17, 15) is 9.18 Å². The van der Waals surface area contributed by atoms with Crippen LogP contribution < -0.4 is 9.47 Å². The smallest absolute Gasteiger partial charge is 0.257 e. The van der Waals surface area contributed by atoms with Crippen molar-refractivity contribution in [2.75, 3.05) is 33.4 Å². The zero-order valence-electron chi connectivity index (χ0n) is 19.9. The average molecular weight is 488 g/mol. The number of nitrogens with zero attached hydrogens (tertiary/aromatic N) is 2. The van der Waals surface area contributed by atoms with E-state index in [2.05, 4.69) is 9.97 Å². The van der Waals surface area contributed by atoms with Crippen LogP contribution in [0.5, 0.6) is 11.5 Å². The molecule has 7 nitrogen and oxygen atoms in total. The fraction of sp³-hybridized carbons (Fsp3) is 0.214. The van der Waals surface area contributed by atoms with Crippen LogP contribution in [0.1, 0.15) is 17.0 Å². The second kappa shape index (κ2) is 10.6. The Labute approximate surface area is 208 Å². The van der Waals surface area contributed by atoms with Crippen LogP contribution in [0.3, 0.4) is 0 Å². The summed E-state index contributed by atoms with van der Waals surface area (Å²) in [4.78, 5) is 23.3.